The van der Waals surface area contributed by atoms with E-state index in [0.29, 0.717) is 0 Å². The van der Waals surface area contributed by atoms with Gasteiger partial charge in [-0.15, -0.1) is 0 Å². The molecule has 0 N–H and O–H groups in total. The summed E-state index contributed by atoms with van der Waals surface area (Å²) in [5, 5.41) is 5.14. The van der Waals surface area contributed by atoms with Gasteiger partial charge in [-0.1, -0.05) is 103 Å². The second-order valence-corrected chi connectivity index (χ2v) is 9.62. The van der Waals surface area contributed by atoms with Gasteiger partial charge in [-0.2, -0.15) is 0 Å². The largest absolute Gasteiger partial charge is 0.0620 e. The molecule has 0 aliphatic rings. The first-order chi connectivity index (χ1) is 17.1. The van der Waals surface area contributed by atoms with Gasteiger partial charge >= 0.3 is 0 Å². The van der Waals surface area contributed by atoms with Gasteiger partial charge in [-0.3, -0.25) is 0 Å². The summed E-state index contributed by atoms with van der Waals surface area (Å²) in [6.45, 7) is 6.54. The Bertz CT molecular complexity index is 1620. The summed E-state index contributed by atoms with van der Waals surface area (Å²) in [5.74, 6) is 0. The summed E-state index contributed by atoms with van der Waals surface area (Å²) < 4.78 is 0. The number of aryl methyl sites for hydroxylation is 3. The maximum atomic E-state index is 2.37. The molecule has 6 rings (SSSR count). The van der Waals surface area contributed by atoms with Crippen molar-refractivity contribution in [2.45, 2.75) is 20.8 Å². The van der Waals surface area contributed by atoms with Crippen molar-refractivity contribution in [1.82, 2.24) is 0 Å². The zero-order chi connectivity index (χ0) is 23.9. The lowest BCUT2D eigenvalue weighted by molar-refractivity contribution is 1.46. The van der Waals surface area contributed by atoms with Crippen LogP contribution in [0, 0.1) is 20.8 Å². The van der Waals surface area contributed by atoms with E-state index in [1.54, 1.807) is 0 Å². The fraction of sp³-hybridized carbons (Fsp3) is 0.0857. The van der Waals surface area contributed by atoms with Crippen molar-refractivity contribution < 1.29 is 0 Å². The zero-order valence-corrected chi connectivity index (χ0v) is 20.5. The van der Waals surface area contributed by atoms with Crippen LogP contribution in [-0.2, 0) is 0 Å². The number of fused-ring (bicyclic) bond motifs is 2. The Hall–Kier alpha value is -4.16. The number of benzene rings is 6. The third kappa shape index (κ3) is 3.82. The summed E-state index contributed by atoms with van der Waals surface area (Å²) in [6, 6.07) is 42.4. The maximum Gasteiger partial charge on any atom is -0.00267 e. The highest BCUT2D eigenvalue weighted by molar-refractivity contribution is 6.14. The van der Waals surface area contributed by atoms with E-state index < -0.39 is 0 Å². The monoisotopic (exact) mass is 448 g/mol. The molecule has 0 unspecified atom stereocenters. The van der Waals surface area contributed by atoms with Crippen LogP contribution in [0.15, 0.2) is 115 Å². The Labute approximate surface area is 207 Å². The minimum Gasteiger partial charge on any atom is -0.0620 e. The standard InChI is InChI=1S/C35H28/c1-23-9-8-12-28(19-23)35-33-17-15-26(31-13-6-4-10-24(31)2)20-29(33)22-30-21-27(16-18-34(30)35)32-14-7-5-11-25(32)3/h4-22H,1-3H3. The molecule has 0 atom stereocenters. The summed E-state index contributed by atoms with van der Waals surface area (Å²) in [4.78, 5) is 0. The zero-order valence-electron chi connectivity index (χ0n) is 20.5. The van der Waals surface area contributed by atoms with Crippen LogP contribution < -0.4 is 0 Å². The lowest BCUT2D eigenvalue weighted by Gasteiger charge is -2.16. The maximum absolute atomic E-state index is 2.37. The summed E-state index contributed by atoms with van der Waals surface area (Å²) in [6.07, 6.45) is 0. The molecule has 35 heavy (non-hydrogen) atoms. The van der Waals surface area contributed by atoms with Crippen molar-refractivity contribution >= 4 is 21.5 Å². The van der Waals surface area contributed by atoms with E-state index in [2.05, 4.69) is 136 Å². The molecule has 0 aliphatic carbocycles. The van der Waals surface area contributed by atoms with Crippen LogP contribution in [0.1, 0.15) is 16.7 Å². The lowest BCUT2D eigenvalue weighted by atomic mass is 9.88. The minimum atomic E-state index is 1.26. The lowest BCUT2D eigenvalue weighted by Crippen LogP contribution is -1.90. The van der Waals surface area contributed by atoms with Crippen LogP contribution in [0.2, 0.25) is 0 Å². The first-order valence-corrected chi connectivity index (χ1v) is 12.3. The smallest absolute Gasteiger partial charge is 0.00267 e. The first kappa shape index (κ1) is 21.4. The molecular formula is C35H28. The second-order valence-electron chi connectivity index (χ2n) is 9.62. The van der Waals surface area contributed by atoms with Gasteiger partial charge in [0.25, 0.3) is 0 Å². The van der Waals surface area contributed by atoms with Gasteiger partial charge in [0.15, 0.2) is 0 Å². The van der Waals surface area contributed by atoms with Gasteiger partial charge in [-0.25, -0.2) is 0 Å². The molecule has 0 bridgehead atoms. The highest BCUT2D eigenvalue weighted by atomic mass is 14.2. The van der Waals surface area contributed by atoms with Crippen LogP contribution in [0.3, 0.4) is 0 Å². The van der Waals surface area contributed by atoms with Crippen molar-refractivity contribution in [1.29, 1.82) is 0 Å². The number of hydrogen-bond acceptors (Lipinski definition) is 0. The minimum absolute atomic E-state index is 1.26. The van der Waals surface area contributed by atoms with Crippen molar-refractivity contribution in [2.24, 2.45) is 0 Å². The highest BCUT2D eigenvalue weighted by Gasteiger charge is 2.13. The van der Waals surface area contributed by atoms with Gasteiger partial charge in [0.1, 0.15) is 0 Å². The molecule has 0 radical (unpaired) electrons. The highest BCUT2D eigenvalue weighted by Crippen LogP contribution is 2.40. The van der Waals surface area contributed by atoms with Gasteiger partial charge < -0.3 is 0 Å². The van der Waals surface area contributed by atoms with E-state index in [0.717, 1.165) is 0 Å². The van der Waals surface area contributed by atoms with Crippen molar-refractivity contribution in [3.63, 3.8) is 0 Å². The molecule has 0 nitrogen and oxygen atoms in total. The van der Waals surface area contributed by atoms with Crippen LogP contribution in [-0.4, -0.2) is 0 Å². The molecule has 0 fully saturated rings. The Morgan fingerprint density at radius 2 is 0.943 bits per heavy atom. The van der Waals surface area contributed by atoms with Crippen LogP contribution in [0.4, 0.5) is 0 Å². The second kappa shape index (κ2) is 8.56. The predicted octanol–water partition coefficient (Wildman–Crippen LogP) is 9.92. The average molecular weight is 449 g/mol. The fourth-order valence-electron chi connectivity index (χ4n) is 5.37. The molecular weight excluding hydrogens is 420 g/mol. The molecule has 0 spiro atoms. The van der Waals surface area contributed by atoms with Gasteiger partial charge in [0, 0.05) is 0 Å². The summed E-state index contributed by atoms with van der Waals surface area (Å²) in [5.41, 5.74) is 11.6. The fourth-order valence-corrected chi connectivity index (χ4v) is 5.37. The topological polar surface area (TPSA) is 0 Å². The van der Waals surface area contributed by atoms with Crippen molar-refractivity contribution in [3.05, 3.63) is 132 Å². The quantitative estimate of drug-likeness (QED) is 0.236. The summed E-state index contributed by atoms with van der Waals surface area (Å²) >= 11 is 0. The average Bonchev–Trinajstić information content (AvgIpc) is 2.87. The molecule has 0 aromatic heterocycles. The van der Waals surface area contributed by atoms with E-state index in [9.17, 15) is 0 Å². The van der Waals surface area contributed by atoms with E-state index >= 15 is 0 Å². The Morgan fingerprint density at radius 1 is 0.400 bits per heavy atom. The van der Waals surface area contributed by atoms with Crippen molar-refractivity contribution in [2.75, 3.05) is 0 Å². The molecule has 0 saturated heterocycles. The van der Waals surface area contributed by atoms with E-state index in [1.165, 1.54) is 71.6 Å². The molecule has 0 amide bonds. The Morgan fingerprint density at radius 3 is 1.46 bits per heavy atom. The van der Waals surface area contributed by atoms with Crippen LogP contribution in [0.25, 0.3) is 54.9 Å². The molecule has 6 aromatic carbocycles. The predicted molar refractivity (Wildman–Crippen MR) is 152 cm³/mol. The normalized spacial score (nSPS) is 11.3. The molecule has 0 heteroatoms. The Kier molecular flexibility index (Phi) is 5.23. The number of hydrogen-bond donors (Lipinski definition) is 0. The van der Waals surface area contributed by atoms with Crippen LogP contribution in [0.5, 0.6) is 0 Å². The summed E-state index contributed by atoms with van der Waals surface area (Å²) in [7, 11) is 0. The first-order valence-electron chi connectivity index (χ1n) is 12.3. The molecule has 6 aromatic rings. The Balaban J connectivity index is 1.67. The molecule has 0 aliphatic heterocycles. The molecule has 168 valence electrons. The molecule has 0 heterocycles. The van der Waals surface area contributed by atoms with E-state index in [4.69, 9.17) is 0 Å². The third-order valence-electron chi connectivity index (χ3n) is 7.17. The van der Waals surface area contributed by atoms with Crippen LogP contribution >= 0.6 is 0 Å². The van der Waals surface area contributed by atoms with Gasteiger partial charge in [-0.05, 0) is 105 Å². The SMILES string of the molecule is Cc1cccc(-c2c3ccc(-c4ccccc4C)cc3cc3cc(-c4ccccc4C)ccc23)c1. The van der Waals surface area contributed by atoms with E-state index in [-0.39, 0.29) is 0 Å². The third-order valence-corrected chi connectivity index (χ3v) is 7.17. The van der Waals surface area contributed by atoms with Gasteiger partial charge in [0.2, 0.25) is 0 Å². The molecule has 0 saturated carbocycles. The van der Waals surface area contributed by atoms with Crippen molar-refractivity contribution in [3.8, 4) is 33.4 Å². The number of rotatable bonds is 3. The van der Waals surface area contributed by atoms with Gasteiger partial charge in [0.05, 0.1) is 0 Å². The van der Waals surface area contributed by atoms with E-state index in [1.807, 2.05) is 0 Å².